The van der Waals surface area contributed by atoms with Gasteiger partial charge in [-0.05, 0) is 37.6 Å². The quantitative estimate of drug-likeness (QED) is 0.823. The predicted octanol–water partition coefficient (Wildman–Crippen LogP) is 1.99. The number of hydrogen-bond acceptors (Lipinski definition) is 3. The van der Waals surface area contributed by atoms with Gasteiger partial charge in [0.05, 0.1) is 7.11 Å². The summed E-state index contributed by atoms with van der Waals surface area (Å²) in [6, 6.07) is 7.20. The summed E-state index contributed by atoms with van der Waals surface area (Å²) in [6.07, 6.45) is 0.195. The van der Waals surface area contributed by atoms with Crippen LogP contribution in [0.4, 0.5) is 0 Å². The van der Waals surface area contributed by atoms with Gasteiger partial charge in [-0.3, -0.25) is 4.79 Å². The lowest BCUT2D eigenvalue weighted by Gasteiger charge is -2.16. The van der Waals surface area contributed by atoms with Crippen molar-refractivity contribution in [3.63, 3.8) is 0 Å². The van der Waals surface area contributed by atoms with Crippen LogP contribution in [-0.4, -0.2) is 25.7 Å². The monoisotopic (exact) mass is 237 g/mol. The zero-order valence-corrected chi connectivity index (χ0v) is 10.5. The highest BCUT2D eigenvalue weighted by Crippen LogP contribution is 2.18. The molecule has 1 aromatic carbocycles. The number of benzene rings is 1. The molecule has 4 nitrogen and oxygen atoms in total. The van der Waals surface area contributed by atoms with Crippen molar-refractivity contribution in [1.82, 2.24) is 5.32 Å². The van der Waals surface area contributed by atoms with Crippen molar-refractivity contribution in [2.75, 3.05) is 13.7 Å². The number of rotatable bonds is 6. The number of ether oxygens (including phenoxy) is 2. The van der Waals surface area contributed by atoms with E-state index in [1.807, 2.05) is 13.8 Å². The third kappa shape index (κ3) is 3.98. The molecule has 1 rings (SSSR count). The summed E-state index contributed by atoms with van der Waals surface area (Å²) < 4.78 is 10.7. The minimum Gasteiger partial charge on any atom is -0.497 e. The highest BCUT2D eigenvalue weighted by molar-refractivity contribution is 5.80. The number of likely N-dealkylation sites (N-methyl/N-ethyl adjacent to an activating group) is 1. The minimum atomic E-state index is -0.441. The molecule has 17 heavy (non-hydrogen) atoms. The van der Waals surface area contributed by atoms with Crippen molar-refractivity contribution in [1.29, 1.82) is 0 Å². The first-order chi connectivity index (χ1) is 8.21. The normalized spacial score (nSPS) is 11.7. The molecule has 0 aliphatic rings. The van der Waals surface area contributed by atoms with Crippen LogP contribution in [0.2, 0.25) is 0 Å². The Kier molecular flexibility index (Phi) is 5.33. The summed E-state index contributed by atoms with van der Waals surface area (Å²) in [6.45, 7) is 4.42. The van der Waals surface area contributed by atoms with E-state index in [1.54, 1.807) is 31.4 Å². The van der Waals surface area contributed by atoms with Gasteiger partial charge in [-0.2, -0.15) is 0 Å². The minimum absolute atomic E-state index is 0.0779. The lowest BCUT2D eigenvalue weighted by molar-refractivity contribution is -0.128. The maximum Gasteiger partial charge on any atom is 0.261 e. The molecule has 0 fully saturated rings. The van der Waals surface area contributed by atoms with Gasteiger partial charge in [-0.25, -0.2) is 0 Å². The Bertz CT molecular complexity index is 348. The number of methoxy groups -OCH3 is 1. The molecule has 1 atom stereocenters. The molecule has 0 saturated carbocycles. The summed E-state index contributed by atoms with van der Waals surface area (Å²) in [5.74, 6) is 1.36. The zero-order valence-electron chi connectivity index (χ0n) is 10.5. The van der Waals surface area contributed by atoms with Gasteiger partial charge >= 0.3 is 0 Å². The van der Waals surface area contributed by atoms with E-state index in [4.69, 9.17) is 9.47 Å². The highest BCUT2D eigenvalue weighted by Gasteiger charge is 2.17. The fourth-order valence-corrected chi connectivity index (χ4v) is 1.43. The first-order valence-corrected chi connectivity index (χ1v) is 5.79. The largest absolute Gasteiger partial charge is 0.497 e. The third-order valence-electron chi connectivity index (χ3n) is 2.35. The Morgan fingerprint density at radius 3 is 2.29 bits per heavy atom. The zero-order chi connectivity index (χ0) is 12.7. The second kappa shape index (κ2) is 6.78. The lowest BCUT2D eigenvalue weighted by Crippen LogP contribution is -2.37. The molecule has 0 aliphatic carbocycles. The fourth-order valence-electron chi connectivity index (χ4n) is 1.43. The number of carbonyl (C=O) groups excluding carboxylic acids is 1. The molecule has 1 aromatic rings. The molecule has 0 bridgehead atoms. The Balaban J connectivity index is 2.63. The van der Waals surface area contributed by atoms with E-state index in [-0.39, 0.29) is 5.91 Å². The summed E-state index contributed by atoms with van der Waals surface area (Å²) in [5.41, 5.74) is 0. The second-order valence-electron chi connectivity index (χ2n) is 3.58. The molecule has 1 N–H and O–H groups in total. The summed E-state index contributed by atoms with van der Waals surface area (Å²) in [7, 11) is 1.61. The standard InChI is InChI=1S/C13H19NO3/c1-4-12(13(15)14-5-2)17-11-8-6-10(16-3)7-9-11/h6-9,12H,4-5H2,1-3H3,(H,14,15). The average molecular weight is 237 g/mol. The van der Waals surface area contributed by atoms with Crippen molar-refractivity contribution in [3.8, 4) is 11.5 Å². The average Bonchev–Trinajstić information content (AvgIpc) is 2.37. The molecule has 94 valence electrons. The van der Waals surface area contributed by atoms with Gasteiger partial charge in [-0.1, -0.05) is 6.92 Å². The molecule has 0 saturated heterocycles. The van der Waals surface area contributed by atoms with Gasteiger partial charge in [0.25, 0.3) is 5.91 Å². The van der Waals surface area contributed by atoms with Gasteiger partial charge in [0.2, 0.25) is 0 Å². The molecule has 1 unspecified atom stereocenters. The van der Waals surface area contributed by atoms with Crippen LogP contribution in [0, 0.1) is 0 Å². The van der Waals surface area contributed by atoms with Crippen LogP contribution >= 0.6 is 0 Å². The van der Waals surface area contributed by atoms with Crippen LogP contribution < -0.4 is 14.8 Å². The number of nitrogens with one attached hydrogen (secondary N) is 1. The van der Waals surface area contributed by atoms with Crippen LogP contribution in [-0.2, 0) is 4.79 Å². The van der Waals surface area contributed by atoms with Crippen molar-refractivity contribution in [2.24, 2.45) is 0 Å². The van der Waals surface area contributed by atoms with Gasteiger partial charge in [0.15, 0.2) is 6.10 Å². The van der Waals surface area contributed by atoms with Gasteiger partial charge in [0.1, 0.15) is 11.5 Å². The maximum atomic E-state index is 11.6. The third-order valence-corrected chi connectivity index (χ3v) is 2.35. The molecule has 4 heteroatoms. The van der Waals surface area contributed by atoms with E-state index < -0.39 is 6.10 Å². The lowest BCUT2D eigenvalue weighted by atomic mass is 10.2. The number of amides is 1. The van der Waals surface area contributed by atoms with E-state index in [2.05, 4.69) is 5.32 Å². The van der Waals surface area contributed by atoms with E-state index >= 15 is 0 Å². The summed E-state index contributed by atoms with van der Waals surface area (Å²) in [5, 5.41) is 2.75. The van der Waals surface area contributed by atoms with Crippen molar-refractivity contribution < 1.29 is 14.3 Å². The van der Waals surface area contributed by atoms with E-state index in [1.165, 1.54) is 0 Å². The van der Waals surface area contributed by atoms with Crippen molar-refractivity contribution in [3.05, 3.63) is 24.3 Å². The van der Waals surface area contributed by atoms with E-state index in [0.29, 0.717) is 18.7 Å². The fraction of sp³-hybridized carbons (Fsp3) is 0.462. The topological polar surface area (TPSA) is 47.6 Å². The van der Waals surface area contributed by atoms with E-state index in [0.717, 1.165) is 5.75 Å². The SMILES string of the molecule is CCNC(=O)C(CC)Oc1ccc(OC)cc1. The number of hydrogen-bond donors (Lipinski definition) is 1. The van der Waals surface area contributed by atoms with Gasteiger partial charge in [0, 0.05) is 6.54 Å². The van der Waals surface area contributed by atoms with Crippen LogP contribution in [0.25, 0.3) is 0 Å². The van der Waals surface area contributed by atoms with Crippen molar-refractivity contribution in [2.45, 2.75) is 26.4 Å². The Labute approximate surface area is 102 Å². The first kappa shape index (κ1) is 13.4. The Morgan fingerprint density at radius 2 is 1.82 bits per heavy atom. The van der Waals surface area contributed by atoms with Crippen LogP contribution in [0.5, 0.6) is 11.5 Å². The smallest absolute Gasteiger partial charge is 0.261 e. The second-order valence-corrected chi connectivity index (χ2v) is 3.58. The van der Waals surface area contributed by atoms with Crippen LogP contribution in [0.1, 0.15) is 20.3 Å². The molecule has 0 radical (unpaired) electrons. The van der Waals surface area contributed by atoms with Crippen molar-refractivity contribution >= 4 is 5.91 Å². The predicted molar refractivity (Wildman–Crippen MR) is 66.4 cm³/mol. The molecule has 0 aliphatic heterocycles. The molecular weight excluding hydrogens is 218 g/mol. The summed E-state index contributed by atoms with van der Waals surface area (Å²) >= 11 is 0. The molecule has 0 spiro atoms. The van der Waals surface area contributed by atoms with Gasteiger partial charge in [-0.15, -0.1) is 0 Å². The Morgan fingerprint density at radius 1 is 1.24 bits per heavy atom. The Hall–Kier alpha value is -1.71. The molecule has 0 aromatic heterocycles. The highest BCUT2D eigenvalue weighted by atomic mass is 16.5. The van der Waals surface area contributed by atoms with E-state index in [9.17, 15) is 4.79 Å². The molecular formula is C13H19NO3. The van der Waals surface area contributed by atoms with Crippen LogP contribution in [0.3, 0.4) is 0 Å². The first-order valence-electron chi connectivity index (χ1n) is 5.79. The van der Waals surface area contributed by atoms with Crippen LogP contribution in [0.15, 0.2) is 24.3 Å². The molecule has 1 amide bonds. The van der Waals surface area contributed by atoms with Gasteiger partial charge < -0.3 is 14.8 Å². The maximum absolute atomic E-state index is 11.6. The number of carbonyl (C=O) groups is 1. The molecule has 0 heterocycles. The summed E-state index contributed by atoms with van der Waals surface area (Å²) in [4.78, 5) is 11.6.